The molecule has 0 radical (unpaired) electrons. The number of halogens is 2. The first-order valence-electron chi connectivity index (χ1n) is 5.21. The van der Waals surface area contributed by atoms with Crippen molar-refractivity contribution >= 4 is 21.7 Å². The summed E-state index contributed by atoms with van der Waals surface area (Å²) in [6.45, 7) is -0.109. The SMILES string of the molecule is O=C(Cn1cccc(Br)c1=O)c1cccc(F)c1. The topological polar surface area (TPSA) is 39.1 Å². The van der Waals surface area contributed by atoms with Crippen LogP contribution in [-0.2, 0) is 6.54 Å². The molecule has 0 saturated heterocycles. The van der Waals surface area contributed by atoms with Gasteiger partial charge < -0.3 is 4.57 Å². The highest BCUT2D eigenvalue weighted by atomic mass is 79.9. The van der Waals surface area contributed by atoms with Crippen molar-refractivity contribution in [3.63, 3.8) is 0 Å². The third-order valence-corrected chi connectivity index (χ3v) is 3.04. The number of ketones is 1. The first-order chi connectivity index (χ1) is 8.58. The number of aromatic nitrogens is 1. The molecule has 2 rings (SSSR count). The minimum absolute atomic E-state index is 0.109. The average Bonchev–Trinajstić information content (AvgIpc) is 2.35. The van der Waals surface area contributed by atoms with Crippen molar-refractivity contribution < 1.29 is 9.18 Å². The van der Waals surface area contributed by atoms with Gasteiger partial charge in [-0.25, -0.2) is 4.39 Å². The Labute approximate surface area is 111 Å². The molecule has 2 aromatic rings. The average molecular weight is 310 g/mol. The Bertz CT molecular complexity index is 651. The lowest BCUT2D eigenvalue weighted by atomic mass is 10.1. The second-order valence-electron chi connectivity index (χ2n) is 3.72. The lowest BCUT2D eigenvalue weighted by Gasteiger charge is -2.05. The Hall–Kier alpha value is -1.75. The summed E-state index contributed by atoms with van der Waals surface area (Å²) in [4.78, 5) is 23.6. The van der Waals surface area contributed by atoms with Crippen LogP contribution in [0.3, 0.4) is 0 Å². The van der Waals surface area contributed by atoms with Crippen LogP contribution in [0.2, 0.25) is 0 Å². The van der Waals surface area contributed by atoms with E-state index in [0.29, 0.717) is 4.47 Å². The number of benzene rings is 1. The molecule has 1 aromatic carbocycles. The lowest BCUT2D eigenvalue weighted by Crippen LogP contribution is -2.24. The van der Waals surface area contributed by atoms with E-state index in [4.69, 9.17) is 0 Å². The Kier molecular flexibility index (Phi) is 3.72. The minimum atomic E-state index is -0.470. The van der Waals surface area contributed by atoms with Crippen molar-refractivity contribution in [3.05, 3.63) is 68.8 Å². The number of nitrogens with zero attached hydrogens (tertiary/aromatic N) is 1. The van der Waals surface area contributed by atoms with Crippen LogP contribution in [0.4, 0.5) is 4.39 Å². The Morgan fingerprint density at radius 1 is 1.28 bits per heavy atom. The molecule has 3 nitrogen and oxygen atoms in total. The van der Waals surface area contributed by atoms with Gasteiger partial charge in [-0.05, 0) is 40.2 Å². The van der Waals surface area contributed by atoms with E-state index in [9.17, 15) is 14.0 Å². The molecule has 0 fully saturated rings. The highest BCUT2D eigenvalue weighted by Gasteiger charge is 2.09. The molecular weight excluding hydrogens is 301 g/mol. The Morgan fingerprint density at radius 2 is 2.06 bits per heavy atom. The van der Waals surface area contributed by atoms with Crippen molar-refractivity contribution in [2.45, 2.75) is 6.54 Å². The maximum absolute atomic E-state index is 13.0. The smallest absolute Gasteiger partial charge is 0.265 e. The number of carbonyl (C=O) groups excluding carboxylic acids is 1. The number of hydrogen-bond donors (Lipinski definition) is 0. The van der Waals surface area contributed by atoms with Gasteiger partial charge in [-0.1, -0.05) is 12.1 Å². The second-order valence-corrected chi connectivity index (χ2v) is 4.58. The van der Waals surface area contributed by atoms with Crippen molar-refractivity contribution in [1.82, 2.24) is 4.57 Å². The van der Waals surface area contributed by atoms with Crippen LogP contribution in [0.5, 0.6) is 0 Å². The molecule has 0 aliphatic carbocycles. The highest BCUT2D eigenvalue weighted by Crippen LogP contribution is 2.06. The van der Waals surface area contributed by atoms with Crippen molar-refractivity contribution in [1.29, 1.82) is 0 Å². The minimum Gasteiger partial charge on any atom is -0.307 e. The van der Waals surface area contributed by atoms with Gasteiger partial charge in [-0.3, -0.25) is 9.59 Å². The maximum atomic E-state index is 13.0. The van der Waals surface area contributed by atoms with Crippen molar-refractivity contribution in [2.24, 2.45) is 0 Å². The number of pyridine rings is 1. The molecule has 0 spiro atoms. The van der Waals surface area contributed by atoms with Gasteiger partial charge in [0.2, 0.25) is 0 Å². The van der Waals surface area contributed by atoms with Crippen LogP contribution in [0.1, 0.15) is 10.4 Å². The van der Waals surface area contributed by atoms with Crippen LogP contribution < -0.4 is 5.56 Å². The molecule has 0 unspecified atom stereocenters. The van der Waals surface area contributed by atoms with Crippen LogP contribution in [0.25, 0.3) is 0 Å². The molecule has 0 N–H and O–H groups in total. The predicted molar refractivity (Wildman–Crippen MR) is 69.1 cm³/mol. The standard InChI is InChI=1S/C13H9BrFNO2/c14-11-5-2-6-16(13(11)18)8-12(17)9-3-1-4-10(15)7-9/h1-7H,8H2. The monoisotopic (exact) mass is 309 g/mol. The summed E-state index contributed by atoms with van der Waals surface area (Å²) < 4.78 is 14.6. The fourth-order valence-corrected chi connectivity index (χ4v) is 1.92. The first-order valence-corrected chi connectivity index (χ1v) is 6.01. The molecule has 0 atom stereocenters. The molecule has 18 heavy (non-hydrogen) atoms. The second kappa shape index (κ2) is 5.27. The van der Waals surface area contributed by atoms with E-state index in [2.05, 4.69) is 15.9 Å². The number of carbonyl (C=O) groups is 1. The molecule has 0 aliphatic heterocycles. The van der Waals surface area contributed by atoms with E-state index in [-0.39, 0.29) is 23.5 Å². The van der Waals surface area contributed by atoms with Gasteiger partial charge in [0.25, 0.3) is 5.56 Å². The van der Waals surface area contributed by atoms with Gasteiger partial charge in [0.05, 0.1) is 11.0 Å². The highest BCUT2D eigenvalue weighted by molar-refractivity contribution is 9.10. The fraction of sp³-hybridized carbons (Fsp3) is 0.0769. The van der Waals surface area contributed by atoms with Crippen molar-refractivity contribution in [3.8, 4) is 0 Å². The fourth-order valence-electron chi connectivity index (χ4n) is 1.54. The number of rotatable bonds is 3. The largest absolute Gasteiger partial charge is 0.307 e. The molecule has 1 heterocycles. The van der Waals surface area contributed by atoms with Crippen LogP contribution in [0.15, 0.2) is 51.9 Å². The van der Waals surface area contributed by atoms with Crippen LogP contribution in [0, 0.1) is 5.82 Å². The normalized spacial score (nSPS) is 10.3. The van der Waals surface area contributed by atoms with E-state index in [1.165, 1.54) is 29.0 Å². The van der Waals surface area contributed by atoms with Gasteiger partial charge in [0.1, 0.15) is 5.82 Å². The lowest BCUT2D eigenvalue weighted by molar-refractivity contribution is 0.0970. The number of hydrogen-bond acceptors (Lipinski definition) is 2. The van der Waals surface area contributed by atoms with E-state index in [1.54, 1.807) is 12.1 Å². The number of Topliss-reactive ketones (excluding diaryl/α,β-unsaturated/α-hetero) is 1. The summed E-state index contributed by atoms with van der Waals surface area (Å²) in [5.74, 6) is -0.780. The molecule has 5 heteroatoms. The molecule has 92 valence electrons. The van der Waals surface area contributed by atoms with Gasteiger partial charge in [-0.15, -0.1) is 0 Å². The van der Waals surface area contributed by atoms with E-state index >= 15 is 0 Å². The third kappa shape index (κ3) is 2.73. The summed E-state index contributed by atoms with van der Waals surface area (Å²) in [6.07, 6.45) is 1.52. The van der Waals surface area contributed by atoms with Gasteiger partial charge in [0.15, 0.2) is 5.78 Å². The first kappa shape index (κ1) is 12.7. The summed E-state index contributed by atoms with van der Waals surface area (Å²) >= 11 is 3.10. The van der Waals surface area contributed by atoms with Crippen LogP contribution in [-0.4, -0.2) is 10.4 Å². The Morgan fingerprint density at radius 3 is 2.78 bits per heavy atom. The van der Waals surface area contributed by atoms with Gasteiger partial charge >= 0.3 is 0 Å². The predicted octanol–water partition coefficient (Wildman–Crippen LogP) is 2.63. The van der Waals surface area contributed by atoms with E-state index in [0.717, 1.165) is 6.07 Å². The maximum Gasteiger partial charge on any atom is 0.265 e. The summed E-state index contributed by atoms with van der Waals surface area (Å²) in [5.41, 5.74) is -0.0378. The van der Waals surface area contributed by atoms with Crippen LogP contribution >= 0.6 is 15.9 Å². The summed E-state index contributed by atoms with van der Waals surface area (Å²) in [7, 11) is 0. The summed E-state index contributed by atoms with van der Waals surface area (Å²) in [6, 6.07) is 8.67. The molecule has 0 bridgehead atoms. The zero-order valence-electron chi connectivity index (χ0n) is 9.27. The van der Waals surface area contributed by atoms with Gasteiger partial charge in [-0.2, -0.15) is 0 Å². The van der Waals surface area contributed by atoms with E-state index < -0.39 is 5.82 Å². The zero-order valence-corrected chi connectivity index (χ0v) is 10.9. The molecule has 0 saturated carbocycles. The third-order valence-electron chi connectivity index (χ3n) is 2.43. The van der Waals surface area contributed by atoms with E-state index in [1.807, 2.05) is 0 Å². The van der Waals surface area contributed by atoms with Gasteiger partial charge in [0, 0.05) is 11.8 Å². The molecule has 1 aromatic heterocycles. The molecular formula is C13H9BrFNO2. The quantitative estimate of drug-likeness (QED) is 0.818. The zero-order chi connectivity index (χ0) is 13.1. The molecule has 0 aliphatic rings. The molecule has 0 amide bonds. The Balaban J connectivity index is 2.27. The summed E-state index contributed by atoms with van der Waals surface area (Å²) in [5, 5.41) is 0. The van der Waals surface area contributed by atoms with Crippen molar-refractivity contribution in [2.75, 3.05) is 0 Å².